The van der Waals surface area contributed by atoms with E-state index < -0.39 is 39.7 Å². The van der Waals surface area contributed by atoms with E-state index in [4.69, 9.17) is 0 Å². The summed E-state index contributed by atoms with van der Waals surface area (Å²) in [5, 5.41) is 0. The fraction of sp³-hybridized carbons (Fsp3) is 0.480. The summed E-state index contributed by atoms with van der Waals surface area (Å²) in [5.74, 6) is -2.35. The number of amides is 1. The Morgan fingerprint density at radius 3 is 2.40 bits per heavy atom. The monoisotopic (exact) mass is 507 g/mol. The van der Waals surface area contributed by atoms with Crippen LogP contribution in [-0.4, -0.2) is 55.8 Å². The van der Waals surface area contributed by atoms with Gasteiger partial charge in [0.05, 0.1) is 6.04 Å². The second-order valence-electron chi connectivity index (χ2n) is 9.98. The normalized spacial score (nSPS) is 26.1. The highest BCUT2D eigenvalue weighted by atomic mass is 32.2. The van der Waals surface area contributed by atoms with Gasteiger partial charge in [0.15, 0.2) is 0 Å². The van der Waals surface area contributed by atoms with E-state index >= 15 is 4.39 Å². The number of benzene rings is 2. The number of halogens is 3. The summed E-state index contributed by atoms with van der Waals surface area (Å²) < 4.78 is 72.3. The molecule has 1 aliphatic heterocycles. The summed E-state index contributed by atoms with van der Waals surface area (Å²) >= 11 is 0. The Morgan fingerprint density at radius 2 is 1.80 bits per heavy atom. The lowest BCUT2D eigenvalue weighted by molar-refractivity contribution is -0.140. The fourth-order valence-electron chi connectivity index (χ4n) is 5.37. The molecular formula is C25H28F3N3O3S. The van der Waals surface area contributed by atoms with Gasteiger partial charge in [0.1, 0.15) is 17.5 Å². The maximum atomic E-state index is 15.6. The van der Waals surface area contributed by atoms with Gasteiger partial charge in [0.25, 0.3) is 10.2 Å². The first kappa shape index (κ1) is 24.3. The molecule has 0 aromatic heterocycles. The van der Waals surface area contributed by atoms with Crippen LogP contribution in [0.25, 0.3) is 11.1 Å². The molecule has 0 spiro atoms. The molecule has 0 radical (unpaired) electrons. The smallest absolute Gasteiger partial charge is 0.279 e. The molecule has 188 valence electrons. The van der Waals surface area contributed by atoms with Crippen LogP contribution in [0.2, 0.25) is 0 Å². The third-order valence-electron chi connectivity index (χ3n) is 7.55. The van der Waals surface area contributed by atoms with E-state index in [0.29, 0.717) is 6.42 Å². The SMILES string of the molecule is CN(C)S(=O)(=O)N[C@H]1[C@@H]2C[C@@H]2N(C(=O)C2CCC2)[C@H]1Cc1cccc(-c2cc(F)cc(F)c2)c1F. The summed E-state index contributed by atoms with van der Waals surface area (Å²) in [5.41, 5.74) is 0.383. The van der Waals surface area contributed by atoms with E-state index in [2.05, 4.69) is 4.72 Å². The van der Waals surface area contributed by atoms with Crippen molar-refractivity contribution in [1.29, 1.82) is 0 Å². The second kappa shape index (κ2) is 8.90. The average molecular weight is 508 g/mol. The summed E-state index contributed by atoms with van der Waals surface area (Å²) in [6.07, 6.45) is 3.40. The average Bonchev–Trinajstić information content (AvgIpc) is 3.45. The number of fused-ring (bicyclic) bond motifs is 1. The molecule has 1 amide bonds. The first-order valence-corrected chi connectivity index (χ1v) is 13.3. The molecule has 2 aromatic rings. The Kier molecular flexibility index (Phi) is 6.17. The molecule has 3 aliphatic rings. The zero-order valence-electron chi connectivity index (χ0n) is 19.5. The number of nitrogens with zero attached hydrogens (tertiary/aromatic N) is 2. The second-order valence-corrected chi connectivity index (χ2v) is 11.9. The van der Waals surface area contributed by atoms with Crippen molar-refractivity contribution in [3.8, 4) is 11.1 Å². The minimum atomic E-state index is -3.78. The molecule has 2 saturated carbocycles. The molecule has 6 nitrogen and oxygen atoms in total. The topological polar surface area (TPSA) is 69.7 Å². The Morgan fingerprint density at radius 1 is 1.11 bits per heavy atom. The molecular weight excluding hydrogens is 479 g/mol. The lowest BCUT2D eigenvalue weighted by Gasteiger charge is -2.37. The van der Waals surface area contributed by atoms with Crippen LogP contribution in [0, 0.1) is 29.3 Å². The van der Waals surface area contributed by atoms with Crippen LogP contribution in [0.4, 0.5) is 13.2 Å². The molecule has 0 bridgehead atoms. The van der Waals surface area contributed by atoms with E-state index in [9.17, 15) is 22.0 Å². The Balaban J connectivity index is 1.49. The molecule has 0 unspecified atom stereocenters. The maximum absolute atomic E-state index is 15.6. The molecule has 4 atom stereocenters. The summed E-state index contributed by atoms with van der Waals surface area (Å²) in [6.45, 7) is 0. The maximum Gasteiger partial charge on any atom is 0.279 e. The first-order chi connectivity index (χ1) is 16.6. The van der Waals surface area contributed by atoms with Crippen LogP contribution < -0.4 is 4.72 Å². The van der Waals surface area contributed by atoms with Crippen molar-refractivity contribution in [1.82, 2.24) is 13.9 Å². The number of rotatable bonds is 7. The van der Waals surface area contributed by atoms with Gasteiger partial charge < -0.3 is 4.90 Å². The highest BCUT2D eigenvalue weighted by molar-refractivity contribution is 7.87. The highest BCUT2D eigenvalue weighted by Crippen LogP contribution is 2.50. The van der Waals surface area contributed by atoms with Crippen molar-refractivity contribution >= 4 is 16.1 Å². The van der Waals surface area contributed by atoms with Gasteiger partial charge >= 0.3 is 0 Å². The number of carbonyl (C=O) groups is 1. The number of likely N-dealkylation sites (tertiary alicyclic amines) is 1. The number of piperidine rings is 1. The van der Waals surface area contributed by atoms with Crippen LogP contribution in [0.15, 0.2) is 36.4 Å². The van der Waals surface area contributed by atoms with E-state index in [-0.39, 0.29) is 46.9 Å². The number of carbonyl (C=O) groups excluding carboxylic acids is 1. The standard InChI is InChI=1S/C25H28F3N3O3S/c1-30(2)35(33,34)29-24-20-13-21(20)31(25(32)14-5-3-6-14)22(24)11-15-7-4-8-19(23(15)28)16-9-17(26)12-18(27)10-16/h4,7-10,12,14,20-22,24,29H,3,5-6,11,13H2,1-2H3/t20-,21+,22+,24+/m1/s1. The van der Waals surface area contributed by atoms with E-state index in [0.717, 1.165) is 41.8 Å². The van der Waals surface area contributed by atoms with Crippen molar-refractivity contribution in [2.24, 2.45) is 11.8 Å². The molecule has 2 aliphatic carbocycles. The molecule has 1 N–H and O–H groups in total. The Hall–Kier alpha value is -2.43. The predicted octanol–water partition coefficient (Wildman–Crippen LogP) is 3.48. The Labute approximate surface area is 203 Å². The minimum absolute atomic E-state index is 0.00376. The summed E-state index contributed by atoms with van der Waals surface area (Å²) in [4.78, 5) is 15.1. The van der Waals surface area contributed by atoms with Crippen LogP contribution in [0.1, 0.15) is 31.2 Å². The lowest BCUT2D eigenvalue weighted by atomic mass is 9.83. The molecule has 35 heavy (non-hydrogen) atoms. The van der Waals surface area contributed by atoms with Crippen molar-refractivity contribution in [3.63, 3.8) is 0 Å². The zero-order valence-corrected chi connectivity index (χ0v) is 20.4. The molecule has 5 rings (SSSR count). The summed E-state index contributed by atoms with van der Waals surface area (Å²) in [6, 6.07) is 6.30. The molecule has 1 saturated heterocycles. The lowest BCUT2D eigenvalue weighted by Crippen LogP contribution is -2.54. The Bertz CT molecular complexity index is 1250. The van der Waals surface area contributed by atoms with Crippen molar-refractivity contribution in [2.75, 3.05) is 14.1 Å². The van der Waals surface area contributed by atoms with Crippen LogP contribution in [0.3, 0.4) is 0 Å². The molecule has 2 aromatic carbocycles. The van der Waals surface area contributed by atoms with E-state index in [1.165, 1.54) is 20.2 Å². The van der Waals surface area contributed by atoms with Crippen molar-refractivity contribution < 1.29 is 26.4 Å². The van der Waals surface area contributed by atoms with Gasteiger partial charge in [-0.05, 0) is 54.9 Å². The van der Waals surface area contributed by atoms with Crippen molar-refractivity contribution in [3.05, 3.63) is 59.4 Å². The van der Waals surface area contributed by atoms with Gasteiger partial charge in [-0.15, -0.1) is 0 Å². The molecule has 1 heterocycles. The largest absolute Gasteiger partial charge is 0.334 e. The third kappa shape index (κ3) is 4.47. The van der Waals surface area contributed by atoms with Crippen LogP contribution in [-0.2, 0) is 21.4 Å². The van der Waals surface area contributed by atoms with E-state index in [1.54, 1.807) is 17.0 Å². The van der Waals surface area contributed by atoms with Gasteiger partial charge in [-0.25, -0.2) is 13.2 Å². The van der Waals surface area contributed by atoms with Gasteiger partial charge in [-0.2, -0.15) is 17.4 Å². The first-order valence-electron chi connectivity index (χ1n) is 11.8. The van der Waals surface area contributed by atoms with Gasteiger partial charge in [-0.3, -0.25) is 4.79 Å². The highest BCUT2D eigenvalue weighted by Gasteiger charge is 2.61. The number of nitrogens with one attached hydrogen (secondary N) is 1. The van der Waals surface area contributed by atoms with Gasteiger partial charge in [0, 0.05) is 43.7 Å². The van der Waals surface area contributed by atoms with Crippen LogP contribution in [0.5, 0.6) is 0 Å². The fourth-order valence-corrected chi connectivity index (χ4v) is 6.25. The van der Waals surface area contributed by atoms with Crippen LogP contribution >= 0.6 is 0 Å². The predicted molar refractivity (Wildman–Crippen MR) is 125 cm³/mol. The summed E-state index contributed by atoms with van der Waals surface area (Å²) in [7, 11) is -0.925. The number of hydrogen-bond acceptors (Lipinski definition) is 3. The van der Waals surface area contributed by atoms with Gasteiger partial charge in [0.2, 0.25) is 5.91 Å². The van der Waals surface area contributed by atoms with E-state index in [1.807, 2.05) is 0 Å². The minimum Gasteiger partial charge on any atom is -0.334 e. The third-order valence-corrected chi connectivity index (χ3v) is 9.08. The number of hydrogen-bond donors (Lipinski definition) is 1. The van der Waals surface area contributed by atoms with Crippen molar-refractivity contribution in [2.45, 2.75) is 50.2 Å². The molecule has 10 heteroatoms. The zero-order chi connectivity index (χ0) is 25.1. The quantitative estimate of drug-likeness (QED) is 0.624. The molecule has 3 fully saturated rings. The van der Waals surface area contributed by atoms with Gasteiger partial charge in [-0.1, -0.05) is 24.6 Å².